The molecule has 11 heteroatoms. The first kappa shape index (κ1) is 34.5. The zero-order chi connectivity index (χ0) is 34.2. The summed E-state index contributed by atoms with van der Waals surface area (Å²) in [6, 6.07) is 1.90. The third kappa shape index (κ3) is 7.21. The van der Waals surface area contributed by atoms with E-state index in [9.17, 15) is 9.90 Å². The number of hydrogen-bond acceptors (Lipinski definition) is 8. The highest BCUT2D eigenvalue weighted by atomic mass is 19.1. The lowest BCUT2D eigenvalue weighted by molar-refractivity contribution is -0.160. The van der Waals surface area contributed by atoms with Crippen molar-refractivity contribution in [2.24, 2.45) is 4.99 Å². The van der Waals surface area contributed by atoms with Gasteiger partial charge in [-0.2, -0.15) is 0 Å². The SMILES string of the molecule is CN=C(OC(=N)N1CCN2CCC[C@@H]2C1)/C(C)=C/c1c(C)nc(C)c([C@H](OC(C)(C)C)C(=O)O)c1-c1cc(F)c2c(c1C)CCCO2. The van der Waals surface area contributed by atoms with Crippen molar-refractivity contribution in [3.8, 4) is 16.9 Å². The molecule has 0 spiro atoms. The molecule has 0 radical (unpaired) electrons. The average molecular weight is 650 g/mol. The molecule has 3 aliphatic rings. The molecule has 4 heterocycles. The van der Waals surface area contributed by atoms with Gasteiger partial charge in [-0.25, -0.2) is 9.18 Å². The van der Waals surface area contributed by atoms with Crippen molar-refractivity contribution in [2.75, 3.05) is 39.8 Å². The van der Waals surface area contributed by atoms with Gasteiger partial charge in [-0.05, 0) is 110 Å². The van der Waals surface area contributed by atoms with Crippen molar-refractivity contribution < 1.29 is 28.5 Å². The Morgan fingerprint density at radius 3 is 2.64 bits per heavy atom. The van der Waals surface area contributed by atoms with Crippen molar-refractivity contribution >= 4 is 24.0 Å². The number of amidine groups is 1. The number of ether oxygens (including phenoxy) is 3. The summed E-state index contributed by atoms with van der Waals surface area (Å²) in [5.74, 6) is -1.15. The number of halogens is 1. The van der Waals surface area contributed by atoms with Gasteiger partial charge in [-0.3, -0.25) is 20.3 Å². The van der Waals surface area contributed by atoms with Crippen LogP contribution in [0.3, 0.4) is 0 Å². The largest absolute Gasteiger partial charge is 0.490 e. The van der Waals surface area contributed by atoms with Crippen LogP contribution < -0.4 is 4.74 Å². The highest BCUT2D eigenvalue weighted by Gasteiger charge is 2.35. The number of piperazine rings is 1. The summed E-state index contributed by atoms with van der Waals surface area (Å²) in [5, 5.41) is 19.3. The monoisotopic (exact) mass is 649 g/mol. The van der Waals surface area contributed by atoms with Gasteiger partial charge in [0.25, 0.3) is 6.02 Å². The molecule has 10 nitrogen and oxygen atoms in total. The van der Waals surface area contributed by atoms with Gasteiger partial charge in [0.05, 0.1) is 12.2 Å². The Labute approximate surface area is 277 Å². The highest BCUT2D eigenvalue weighted by molar-refractivity contribution is 6.04. The molecule has 1 aromatic carbocycles. The minimum Gasteiger partial charge on any atom is -0.490 e. The van der Waals surface area contributed by atoms with Gasteiger partial charge in [-0.1, -0.05) is 0 Å². The molecule has 254 valence electrons. The summed E-state index contributed by atoms with van der Waals surface area (Å²) in [6.45, 7) is 16.7. The maximum absolute atomic E-state index is 15.8. The van der Waals surface area contributed by atoms with Crippen LogP contribution in [0.15, 0.2) is 16.6 Å². The number of carboxylic acids is 1. The maximum Gasteiger partial charge on any atom is 0.337 e. The predicted molar refractivity (Wildman–Crippen MR) is 181 cm³/mol. The summed E-state index contributed by atoms with van der Waals surface area (Å²) in [4.78, 5) is 26.5. The summed E-state index contributed by atoms with van der Waals surface area (Å²) in [6.07, 6.45) is 4.16. The lowest BCUT2D eigenvalue weighted by Crippen LogP contribution is -2.52. The van der Waals surface area contributed by atoms with Crippen molar-refractivity contribution in [1.29, 1.82) is 5.41 Å². The number of aliphatic carboxylic acids is 1. The molecule has 0 amide bonds. The summed E-state index contributed by atoms with van der Waals surface area (Å²) < 4.78 is 33.7. The molecule has 1 aromatic heterocycles. The van der Waals surface area contributed by atoms with E-state index in [1.165, 1.54) is 12.5 Å². The number of carboxylic acid groups (broad SMARTS) is 1. The fourth-order valence-electron chi connectivity index (χ4n) is 7.08. The second kappa shape index (κ2) is 13.7. The van der Waals surface area contributed by atoms with E-state index in [-0.39, 0.29) is 17.7 Å². The second-order valence-electron chi connectivity index (χ2n) is 13.8. The van der Waals surface area contributed by atoms with Crippen LogP contribution in [-0.2, 0) is 20.7 Å². The molecule has 2 fully saturated rings. The van der Waals surface area contributed by atoms with Crippen molar-refractivity contribution in [3.05, 3.63) is 51.1 Å². The van der Waals surface area contributed by atoms with Crippen LogP contribution in [0.1, 0.15) is 86.7 Å². The van der Waals surface area contributed by atoms with Gasteiger partial charge >= 0.3 is 5.97 Å². The number of nitrogens with one attached hydrogen (secondary N) is 1. The Hall–Kier alpha value is -3.83. The quantitative estimate of drug-likeness (QED) is 0.279. The molecular weight excluding hydrogens is 601 g/mol. The molecule has 3 aliphatic heterocycles. The summed E-state index contributed by atoms with van der Waals surface area (Å²) in [5.41, 5.74) is 4.53. The number of benzene rings is 1. The van der Waals surface area contributed by atoms with Crippen molar-refractivity contribution in [2.45, 2.75) is 91.9 Å². The van der Waals surface area contributed by atoms with E-state index in [1.54, 1.807) is 34.7 Å². The molecule has 5 rings (SSSR count). The Morgan fingerprint density at radius 1 is 1.21 bits per heavy atom. The third-order valence-corrected chi connectivity index (χ3v) is 9.29. The van der Waals surface area contributed by atoms with Crippen LogP contribution >= 0.6 is 0 Å². The van der Waals surface area contributed by atoms with Gasteiger partial charge in [0.2, 0.25) is 5.90 Å². The van der Waals surface area contributed by atoms with Crippen LogP contribution in [-0.4, -0.2) is 89.3 Å². The molecular formula is C36H48FN5O5. The first-order valence-electron chi connectivity index (χ1n) is 16.5. The first-order chi connectivity index (χ1) is 22.2. The number of fused-ring (bicyclic) bond motifs is 2. The average Bonchev–Trinajstić information content (AvgIpc) is 3.49. The number of rotatable bonds is 6. The number of aliphatic imine (C=N–C) groups is 1. The standard InChI is InChI=1S/C36H48FN5O5/c1-20(33(39-8)46-35(38)42-15-14-41-13-9-11-24(41)19-42)17-27-22(3)40-23(4)29(32(34(43)44)47-36(5,6)7)30(27)26-18-28(37)31-25(21(26)2)12-10-16-45-31/h17-18,24,32,38H,9-16,19H2,1-8H3,(H,43,44)/b20-17+,38-35?,39-33?/t24-,32+/m1/s1. The van der Waals surface area contributed by atoms with Crippen molar-refractivity contribution in [1.82, 2.24) is 14.8 Å². The zero-order valence-electron chi connectivity index (χ0n) is 28.9. The Bertz CT molecular complexity index is 1630. The minimum absolute atomic E-state index is 0.0432. The fourth-order valence-corrected chi connectivity index (χ4v) is 7.08. The van der Waals surface area contributed by atoms with Crippen LogP contribution in [0.4, 0.5) is 4.39 Å². The van der Waals surface area contributed by atoms with Gasteiger partial charge in [0.1, 0.15) is 0 Å². The van der Waals surface area contributed by atoms with E-state index in [1.807, 2.05) is 31.7 Å². The van der Waals surface area contributed by atoms with Gasteiger partial charge < -0.3 is 24.2 Å². The van der Waals surface area contributed by atoms with E-state index >= 15 is 4.39 Å². The lowest BCUT2D eigenvalue weighted by Gasteiger charge is -2.37. The number of pyridine rings is 1. The number of carbonyl (C=O) groups is 1. The van der Waals surface area contributed by atoms with E-state index in [2.05, 4.69) is 9.89 Å². The highest BCUT2D eigenvalue weighted by Crippen LogP contribution is 2.44. The van der Waals surface area contributed by atoms with Crippen molar-refractivity contribution in [3.63, 3.8) is 0 Å². The molecule has 0 unspecified atom stereocenters. The molecule has 2 saturated heterocycles. The summed E-state index contributed by atoms with van der Waals surface area (Å²) >= 11 is 0. The van der Waals surface area contributed by atoms with E-state index in [0.717, 1.165) is 43.6 Å². The second-order valence-corrected chi connectivity index (χ2v) is 13.8. The van der Waals surface area contributed by atoms with E-state index in [4.69, 9.17) is 24.6 Å². The zero-order valence-corrected chi connectivity index (χ0v) is 28.9. The van der Waals surface area contributed by atoms with Crippen LogP contribution in [0.5, 0.6) is 5.75 Å². The molecule has 0 aliphatic carbocycles. The van der Waals surface area contributed by atoms with Crippen LogP contribution in [0, 0.1) is 32.0 Å². The molecule has 2 atom stereocenters. The van der Waals surface area contributed by atoms with Crippen LogP contribution in [0.2, 0.25) is 0 Å². The number of aryl methyl sites for hydroxylation is 2. The van der Waals surface area contributed by atoms with Gasteiger partial charge in [-0.15, -0.1) is 0 Å². The number of aromatic nitrogens is 1. The lowest BCUT2D eigenvalue weighted by atomic mass is 9.84. The summed E-state index contributed by atoms with van der Waals surface area (Å²) in [7, 11) is 1.61. The molecule has 2 N–H and O–H groups in total. The molecule has 0 bridgehead atoms. The smallest absolute Gasteiger partial charge is 0.337 e. The predicted octanol–water partition coefficient (Wildman–Crippen LogP) is 6.24. The topological polar surface area (TPSA) is 121 Å². The van der Waals surface area contributed by atoms with E-state index in [0.29, 0.717) is 64.8 Å². The molecule has 2 aromatic rings. The minimum atomic E-state index is -1.38. The molecule has 47 heavy (non-hydrogen) atoms. The third-order valence-electron chi connectivity index (χ3n) is 9.29. The van der Waals surface area contributed by atoms with E-state index < -0.39 is 23.5 Å². The van der Waals surface area contributed by atoms with Gasteiger partial charge in [0.15, 0.2) is 17.7 Å². The maximum atomic E-state index is 15.8. The van der Waals surface area contributed by atoms with Gasteiger partial charge in [0, 0.05) is 66.4 Å². The number of hydrogen-bond donors (Lipinski definition) is 2. The Balaban J connectivity index is 1.64. The number of nitrogens with zero attached hydrogens (tertiary/aromatic N) is 4. The molecule has 0 saturated carbocycles. The first-order valence-corrected chi connectivity index (χ1v) is 16.5. The fraction of sp³-hybridized carbons (Fsp3) is 0.556. The Kier molecular flexibility index (Phi) is 10.1. The normalized spacial score (nSPS) is 19.6. The Morgan fingerprint density at radius 2 is 1.96 bits per heavy atom. The van der Waals surface area contributed by atoms with Crippen LogP contribution in [0.25, 0.3) is 17.2 Å².